The number of anilines is 1. The maximum absolute atomic E-state index is 12.8. The number of aryl methyl sites for hydroxylation is 2. The molecule has 1 aromatic carbocycles. The summed E-state index contributed by atoms with van der Waals surface area (Å²) < 4.78 is 26.7. The average molecular weight is 443 g/mol. The molecule has 166 valence electrons. The molecule has 0 saturated carbocycles. The number of carbonyl (C=O) groups is 1. The van der Waals surface area contributed by atoms with Gasteiger partial charge in [-0.3, -0.25) is 9.69 Å². The number of carbonyl (C=O) groups excluding carboxylic acids is 1. The van der Waals surface area contributed by atoms with Gasteiger partial charge in [0.15, 0.2) is 0 Å². The van der Waals surface area contributed by atoms with Crippen LogP contribution < -0.4 is 4.90 Å². The van der Waals surface area contributed by atoms with E-state index in [0.717, 1.165) is 30.5 Å². The van der Waals surface area contributed by atoms with Gasteiger partial charge in [0.2, 0.25) is 15.9 Å². The summed E-state index contributed by atoms with van der Waals surface area (Å²) in [5, 5.41) is 0. The molecule has 0 N–H and O–H groups in total. The Bertz CT molecular complexity index is 1060. The molecule has 0 bridgehead atoms. The highest BCUT2D eigenvalue weighted by Gasteiger charge is 2.37. The highest BCUT2D eigenvalue weighted by molar-refractivity contribution is 7.89. The van der Waals surface area contributed by atoms with E-state index in [1.807, 2.05) is 25.1 Å². The van der Waals surface area contributed by atoms with Crippen LogP contribution in [0.4, 0.5) is 5.82 Å². The molecule has 31 heavy (non-hydrogen) atoms. The van der Waals surface area contributed by atoms with Crippen LogP contribution in [0.3, 0.4) is 0 Å². The van der Waals surface area contributed by atoms with Crippen LogP contribution in [0.2, 0.25) is 0 Å². The minimum absolute atomic E-state index is 0.0670. The molecule has 2 aromatic rings. The minimum Gasteiger partial charge on any atom is -0.296 e. The van der Waals surface area contributed by atoms with Crippen molar-refractivity contribution in [1.82, 2.24) is 14.3 Å². The van der Waals surface area contributed by atoms with Crippen LogP contribution in [-0.4, -0.2) is 47.4 Å². The van der Waals surface area contributed by atoms with Crippen molar-refractivity contribution in [2.45, 2.75) is 58.4 Å². The van der Waals surface area contributed by atoms with Crippen molar-refractivity contribution in [3.8, 4) is 0 Å². The van der Waals surface area contributed by atoms with Gasteiger partial charge in [-0.25, -0.2) is 18.4 Å². The SMILES string of the molecule is CCS(=O)(=O)N1CCC[C@@H]1c1nc(C)c2c(n1)N(CCCc1ccccc1)C(=O)CC2. The fourth-order valence-electron chi connectivity index (χ4n) is 4.57. The molecule has 0 unspecified atom stereocenters. The Morgan fingerprint density at radius 2 is 1.90 bits per heavy atom. The van der Waals surface area contributed by atoms with E-state index < -0.39 is 10.0 Å². The van der Waals surface area contributed by atoms with Crippen LogP contribution >= 0.6 is 0 Å². The third-order valence-corrected chi connectivity index (χ3v) is 8.15. The van der Waals surface area contributed by atoms with Gasteiger partial charge >= 0.3 is 0 Å². The number of sulfonamides is 1. The summed E-state index contributed by atoms with van der Waals surface area (Å²) in [7, 11) is -3.33. The molecule has 1 amide bonds. The first-order valence-electron chi connectivity index (χ1n) is 11.1. The third-order valence-electron chi connectivity index (χ3n) is 6.27. The monoisotopic (exact) mass is 442 g/mol. The Hall–Kier alpha value is -2.32. The van der Waals surface area contributed by atoms with Crippen LogP contribution in [0.1, 0.15) is 61.3 Å². The summed E-state index contributed by atoms with van der Waals surface area (Å²) in [6, 6.07) is 9.89. The number of nitrogens with zero attached hydrogens (tertiary/aromatic N) is 4. The van der Waals surface area contributed by atoms with E-state index >= 15 is 0 Å². The second kappa shape index (κ2) is 9.04. The Labute approximate surface area is 184 Å². The van der Waals surface area contributed by atoms with E-state index in [9.17, 15) is 13.2 Å². The van der Waals surface area contributed by atoms with Gasteiger partial charge in [-0.15, -0.1) is 0 Å². The fourth-order valence-corrected chi connectivity index (χ4v) is 5.89. The van der Waals surface area contributed by atoms with Crippen LogP contribution in [0.25, 0.3) is 0 Å². The molecular weight excluding hydrogens is 412 g/mol. The summed E-state index contributed by atoms with van der Waals surface area (Å²) in [5.74, 6) is 1.34. The molecule has 1 aromatic heterocycles. The number of hydrogen-bond donors (Lipinski definition) is 0. The molecular formula is C23H30N4O3S. The van der Waals surface area contributed by atoms with Crippen molar-refractivity contribution in [3.05, 3.63) is 53.0 Å². The first kappa shape index (κ1) is 21.9. The maximum atomic E-state index is 12.8. The van der Waals surface area contributed by atoms with Gasteiger partial charge < -0.3 is 0 Å². The summed E-state index contributed by atoms with van der Waals surface area (Å²) in [4.78, 5) is 24.1. The quantitative estimate of drug-likeness (QED) is 0.658. The van der Waals surface area contributed by atoms with Gasteiger partial charge in [-0.1, -0.05) is 30.3 Å². The Morgan fingerprint density at radius 3 is 2.65 bits per heavy atom. The van der Waals surface area contributed by atoms with E-state index in [-0.39, 0.29) is 17.7 Å². The van der Waals surface area contributed by atoms with Gasteiger partial charge in [0.05, 0.1) is 11.8 Å². The molecule has 4 rings (SSSR count). The predicted molar refractivity (Wildman–Crippen MR) is 120 cm³/mol. The standard InChI is InChI=1S/C23H30N4O3S/c1-3-31(29,30)27-16-8-12-20(27)22-24-17(2)19-13-14-21(28)26(23(19)25-22)15-7-11-18-9-5-4-6-10-18/h4-6,9-10,20H,3,7-8,11-16H2,1-2H3/t20-/m1/s1. The number of benzene rings is 1. The summed E-state index contributed by atoms with van der Waals surface area (Å²) in [6.07, 6.45) is 4.33. The van der Waals surface area contributed by atoms with Gasteiger partial charge in [0, 0.05) is 30.8 Å². The van der Waals surface area contributed by atoms with Gasteiger partial charge in [0.25, 0.3) is 0 Å². The number of aromatic nitrogens is 2. The topological polar surface area (TPSA) is 83.5 Å². The van der Waals surface area contributed by atoms with Crippen molar-refractivity contribution < 1.29 is 13.2 Å². The number of fused-ring (bicyclic) bond motifs is 1. The van der Waals surface area contributed by atoms with Crippen molar-refractivity contribution in [1.29, 1.82) is 0 Å². The molecule has 0 radical (unpaired) electrons. The first-order valence-corrected chi connectivity index (χ1v) is 12.7. The molecule has 7 nitrogen and oxygen atoms in total. The molecule has 3 heterocycles. The zero-order chi connectivity index (χ0) is 22.0. The fraction of sp³-hybridized carbons (Fsp3) is 0.522. The lowest BCUT2D eigenvalue weighted by Crippen LogP contribution is -2.38. The Kier molecular flexibility index (Phi) is 6.39. The van der Waals surface area contributed by atoms with Crippen LogP contribution in [0.15, 0.2) is 30.3 Å². The molecule has 0 spiro atoms. The normalized spacial score (nSPS) is 19.6. The van der Waals surface area contributed by atoms with Crippen LogP contribution in [0.5, 0.6) is 0 Å². The zero-order valence-electron chi connectivity index (χ0n) is 18.2. The van der Waals surface area contributed by atoms with E-state index in [1.54, 1.807) is 16.1 Å². The summed E-state index contributed by atoms with van der Waals surface area (Å²) >= 11 is 0. The molecule has 1 saturated heterocycles. The van der Waals surface area contributed by atoms with E-state index in [1.165, 1.54) is 5.56 Å². The molecule has 0 aliphatic carbocycles. The second-order valence-electron chi connectivity index (χ2n) is 8.27. The van der Waals surface area contributed by atoms with Crippen molar-refractivity contribution >= 4 is 21.7 Å². The molecule has 2 aliphatic rings. The van der Waals surface area contributed by atoms with Crippen molar-refractivity contribution in [2.24, 2.45) is 0 Å². The van der Waals surface area contributed by atoms with Crippen LogP contribution in [0, 0.1) is 6.92 Å². The average Bonchev–Trinajstić information content (AvgIpc) is 3.27. The largest absolute Gasteiger partial charge is 0.296 e. The maximum Gasteiger partial charge on any atom is 0.228 e. The number of amides is 1. The molecule has 2 aliphatic heterocycles. The third kappa shape index (κ3) is 4.50. The zero-order valence-corrected chi connectivity index (χ0v) is 19.1. The van der Waals surface area contributed by atoms with Crippen molar-refractivity contribution in [2.75, 3.05) is 23.7 Å². The smallest absolute Gasteiger partial charge is 0.228 e. The summed E-state index contributed by atoms with van der Waals surface area (Å²) in [5.41, 5.74) is 3.10. The lowest BCUT2D eigenvalue weighted by Gasteiger charge is -2.31. The molecule has 1 atom stereocenters. The second-order valence-corrected chi connectivity index (χ2v) is 10.5. The predicted octanol–water partition coefficient (Wildman–Crippen LogP) is 3.18. The van der Waals surface area contributed by atoms with E-state index in [0.29, 0.717) is 44.0 Å². The minimum atomic E-state index is -3.33. The molecule has 8 heteroatoms. The van der Waals surface area contributed by atoms with Gasteiger partial charge in [0.1, 0.15) is 11.6 Å². The Balaban J connectivity index is 1.61. The lowest BCUT2D eigenvalue weighted by molar-refractivity contribution is -0.119. The number of rotatable bonds is 7. The Morgan fingerprint density at radius 1 is 1.13 bits per heavy atom. The lowest BCUT2D eigenvalue weighted by atomic mass is 10.0. The van der Waals surface area contributed by atoms with Crippen LogP contribution in [-0.2, 0) is 27.7 Å². The molecule has 1 fully saturated rings. The van der Waals surface area contributed by atoms with Gasteiger partial charge in [-0.2, -0.15) is 4.31 Å². The highest BCUT2D eigenvalue weighted by atomic mass is 32.2. The summed E-state index contributed by atoms with van der Waals surface area (Å²) in [6.45, 7) is 4.70. The van der Waals surface area contributed by atoms with Gasteiger partial charge in [-0.05, 0) is 51.5 Å². The van der Waals surface area contributed by atoms with E-state index in [4.69, 9.17) is 9.97 Å². The highest BCUT2D eigenvalue weighted by Crippen LogP contribution is 2.36. The van der Waals surface area contributed by atoms with E-state index in [2.05, 4.69) is 12.1 Å². The first-order chi connectivity index (χ1) is 14.9. The number of hydrogen-bond acceptors (Lipinski definition) is 5. The van der Waals surface area contributed by atoms with Crippen molar-refractivity contribution in [3.63, 3.8) is 0 Å².